The molecule has 0 amide bonds. The number of nitrogens with one attached hydrogen (secondary N) is 3. The van der Waals surface area contributed by atoms with Crippen LogP contribution in [0.15, 0.2) is 29.3 Å². The smallest absolute Gasteiger partial charge is 0.215 e. The van der Waals surface area contributed by atoms with E-state index in [-0.39, 0.29) is 5.75 Å². The Morgan fingerprint density at radius 3 is 2.58 bits per heavy atom. The van der Waals surface area contributed by atoms with Gasteiger partial charge in [0.2, 0.25) is 10.0 Å². The largest absolute Gasteiger partial charge is 0.357 e. The van der Waals surface area contributed by atoms with E-state index in [1.807, 2.05) is 31.2 Å². The first-order chi connectivity index (χ1) is 12.4. The van der Waals surface area contributed by atoms with Crippen molar-refractivity contribution in [3.63, 3.8) is 0 Å². The molecule has 1 aromatic carbocycles. The predicted octanol–water partition coefficient (Wildman–Crippen LogP) is 2.76. The minimum absolute atomic E-state index is 0.0200. The molecule has 0 aromatic heterocycles. The minimum atomic E-state index is -3.27. The summed E-state index contributed by atoms with van der Waals surface area (Å²) in [5.41, 5.74) is 1.75. The Labute approximate surface area is 158 Å². The number of benzene rings is 1. The van der Waals surface area contributed by atoms with Crippen LogP contribution in [-0.4, -0.2) is 34.0 Å². The zero-order valence-electron chi connectivity index (χ0n) is 16.5. The summed E-state index contributed by atoms with van der Waals surface area (Å²) in [6, 6.07) is 7.92. The molecule has 0 spiro atoms. The summed E-state index contributed by atoms with van der Waals surface area (Å²) in [5, 5.41) is 6.71. The molecule has 0 aliphatic rings. The third-order valence-electron chi connectivity index (χ3n) is 4.05. The maximum absolute atomic E-state index is 11.7. The van der Waals surface area contributed by atoms with Gasteiger partial charge in [-0.15, -0.1) is 0 Å². The topological polar surface area (TPSA) is 82.6 Å². The van der Waals surface area contributed by atoms with E-state index in [4.69, 9.17) is 0 Å². The third kappa shape index (κ3) is 9.20. The van der Waals surface area contributed by atoms with E-state index in [1.54, 1.807) is 0 Å². The number of aliphatic imine (C=N–C) groups is 1. The number of sulfonamides is 1. The molecule has 0 saturated heterocycles. The normalized spacial score (nSPS) is 13.5. The van der Waals surface area contributed by atoms with E-state index in [0.29, 0.717) is 12.6 Å². The molecular weight excluding hydrogens is 348 g/mol. The van der Waals surface area contributed by atoms with Crippen LogP contribution in [0.1, 0.15) is 57.6 Å². The maximum Gasteiger partial charge on any atom is 0.215 e. The average Bonchev–Trinajstić information content (AvgIpc) is 2.60. The van der Waals surface area contributed by atoms with E-state index in [0.717, 1.165) is 30.1 Å². The summed E-state index contributed by atoms with van der Waals surface area (Å²) in [5.74, 6) is 0.776. The monoisotopic (exact) mass is 382 g/mol. The predicted molar refractivity (Wildman–Crippen MR) is 110 cm³/mol. The van der Waals surface area contributed by atoms with Crippen LogP contribution in [0.2, 0.25) is 0 Å². The maximum atomic E-state index is 11.7. The first-order valence-corrected chi connectivity index (χ1v) is 11.1. The molecule has 6 nitrogen and oxygen atoms in total. The van der Waals surface area contributed by atoms with E-state index in [9.17, 15) is 8.42 Å². The molecule has 0 bridgehead atoms. The van der Waals surface area contributed by atoms with Gasteiger partial charge in [-0.25, -0.2) is 18.1 Å². The van der Waals surface area contributed by atoms with Gasteiger partial charge >= 0.3 is 0 Å². The standard InChI is InChI=1S/C19H34N4O2S/c1-5-7-8-10-16(3)23-19(21-6-2)22-14-17-11-9-12-18(13-17)15-26(24,25)20-4/h9,11-13,16,20H,5-8,10,14-15H2,1-4H3,(H2,21,22,23). The van der Waals surface area contributed by atoms with Crippen molar-refractivity contribution in [2.45, 2.75) is 64.8 Å². The van der Waals surface area contributed by atoms with Crippen molar-refractivity contribution in [1.82, 2.24) is 15.4 Å². The van der Waals surface area contributed by atoms with Gasteiger partial charge in [0.25, 0.3) is 0 Å². The Bertz CT molecular complexity index is 659. The second-order valence-corrected chi connectivity index (χ2v) is 8.45. The quantitative estimate of drug-likeness (QED) is 0.312. The van der Waals surface area contributed by atoms with Gasteiger partial charge in [0.05, 0.1) is 12.3 Å². The van der Waals surface area contributed by atoms with Crippen LogP contribution in [0.5, 0.6) is 0 Å². The summed E-state index contributed by atoms with van der Waals surface area (Å²) in [7, 11) is -1.84. The van der Waals surface area contributed by atoms with E-state index >= 15 is 0 Å². The number of rotatable bonds is 11. The Kier molecular flexibility index (Phi) is 10.3. The Morgan fingerprint density at radius 1 is 1.19 bits per heavy atom. The summed E-state index contributed by atoms with van der Waals surface area (Å²) < 4.78 is 25.7. The summed E-state index contributed by atoms with van der Waals surface area (Å²) >= 11 is 0. The first-order valence-electron chi connectivity index (χ1n) is 9.44. The zero-order valence-corrected chi connectivity index (χ0v) is 17.3. The number of unbranched alkanes of at least 4 members (excludes halogenated alkanes) is 2. The molecule has 0 radical (unpaired) electrons. The highest BCUT2D eigenvalue weighted by Gasteiger charge is 2.09. The van der Waals surface area contributed by atoms with Crippen molar-refractivity contribution >= 4 is 16.0 Å². The van der Waals surface area contributed by atoms with Crippen LogP contribution >= 0.6 is 0 Å². The van der Waals surface area contributed by atoms with Crippen LogP contribution < -0.4 is 15.4 Å². The van der Waals surface area contributed by atoms with Gasteiger partial charge in [-0.1, -0.05) is 50.5 Å². The van der Waals surface area contributed by atoms with Gasteiger partial charge in [0.1, 0.15) is 0 Å². The highest BCUT2D eigenvalue weighted by Crippen LogP contribution is 2.10. The number of hydrogen-bond donors (Lipinski definition) is 3. The first kappa shape index (κ1) is 22.4. The van der Waals surface area contributed by atoms with Crippen molar-refractivity contribution in [2.75, 3.05) is 13.6 Å². The van der Waals surface area contributed by atoms with Crippen molar-refractivity contribution in [1.29, 1.82) is 0 Å². The summed E-state index contributed by atoms with van der Waals surface area (Å²) in [6.45, 7) is 7.73. The third-order valence-corrected chi connectivity index (χ3v) is 5.38. The molecule has 0 aliphatic heterocycles. The fourth-order valence-corrected chi connectivity index (χ4v) is 3.37. The fraction of sp³-hybridized carbons (Fsp3) is 0.632. The van der Waals surface area contributed by atoms with Crippen LogP contribution in [0, 0.1) is 0 Å². The van der Waals surface area contributed by atoms with Crippen molar-refractivity contribution in [3.8, 4) is 0 Å². The van der Waals surface area contributed by atoms with Crippen molar-refractivity contribution in [3.05, 3.63) is 35.4 Å². The number of nitrogens with zero attached hydrogens (tertiary/aromatic N) is 1. The minimum Gasteiger partial charge on any atom is -0.357 e. The molecule has 1 aromatic rings. The van der Waals surface area contributed by atoms with Crippen LogP contribution in [0.3, 0.4) is 0 Å². The molecule has 1 atom stereocenters. The lowest BCUT2D eigenvalue weighted by Gasteiger charge is -2.17. The van der Waals surface area contributed by atoms with Crippen molar-refractivity contribution in [2.24, 2.45) is 4.99 Å². The lowest BCUT2D eigenvalue weighted by molar-refractivity contribution is 0.547. The Hall–Kier alpha value is -1.60. The molecule has 1 unspecified atom stereocenters. The second-order valence-electron chi connectivity index (χ2n) is 6.52. The zero-order chi connectivity index (χ0) is 19.4. The molecule has 0 fully saturated rings. The van der Waals surface area contributed by atoms with Gasteiger partial charge in [-0.2, -0.15) is 0 Å². The molecule has 3 N–H and O–H groups in total. The van der Waals surface area contributed by atoms with E-state index in [1.165, 1.54) is 26.3 Å². The van der Waals surface area contributed by atoms with E-state index in [2.05, 4.69) is 34.2 Å². The Morgan fingerprint density at radius 2 is 1.92 bits per heavy atom. The molecule has 26 heavy (non-hydrogen) atoms. The van der Waals surface area contributed by atoms with Gasteiger partial charge in [0, 0.05) is 12.6 Å². The summed E-state index contributed by atoms with van der Waals surface area (Å²) in [6.07, 6.45) is 4.81. The fourth-order valence-electron chi connectivity index (χ4n) is 2.61. The average molecular weight is 383 g/mol. The SMILES string of the molecule is CCCCCC(C)NC(=NCc1cccc(CS(=O)(=O)NC)c1)NCC. The molecule has 1 rings (SSSR count). The lowest BCUT2D eigenvalue weighted by Crippen LogP contribution is -2.42. The molecule has 0 aliphatic carbocycles. The highest BCUT2D eigenvalue weighted by atomic mass is 32.2. The van der Waals surface area contributed by atoms with Gasteiger partial charge < -0.3 is 10.6 Å². The van der Waals surface area contributed by atoms with E-state index < -0.39 is 10.0 Å². The van der Waals surface area contributed by atoms with Crippen molar-refractivity contribution < 1.29 is 8.42 Å². The molecule has 7 heteroatoms. The molecule has 0 heterocycles. The highest BCUT2D eigenvalue weighted by molar-refractivity contribution is 7.88. The Balaban J connectivity index is 2.71. The number of hydrogen-bond acceptors (Lipinski definition) is 3. The molecule has 0 saturated carbocycles. The van der Waals surface area contributed by atoms with Crippen LogP contribution in [0.25, 0.3) is 0 Å². The van der Waals surface area contributed by atoms with Crippen LogP contribution in [-0.2, 0) is 22.3 Å². The molecular formula is C19H34N4O2S. The summed E-state index contributed by atoms with van der Waals surface area (Å²) in [4.78, 5) is 4.64. The molecule has 148 valence electrons. The van der Waals surface area contributed by atoms with Gasteiger partial charge in [0.15, 0.2) is 5.96 Å². The number of guanidine groups is 1. The lowest BCUT2D eigenvalue weighted by atomic mass is 10.1. The van der Waals surface area contributed by atoms with Gasteiger partial charge in [-0.05, 0) is 38.4 Å². The second kappa shape index (κ2) is 11.9. The van der Waals surface area contributed by atoms with Crippen LogP contribution in [0.4, 0.5) is 0 Å². The van der Waals surface area contributed by atoms with Gasteiger partial charge in [-0.3, -0.25) is 0 Å².